The maximum atomic E-state index is 12.6. The van der Waals surface area contributed by atoms with Crippen molar-refractivity contribution >= 4 is 38.8 Å². The molecule has 2 aromatic carbocycles. The zero-order chi connectivity index (χ0) is 16.4. The molecule has 1 heterocycles. The topological polar surface area (TPSA) is 112 Å². The number of aromatic nitrogens is 2. The average Bonchev–Trinajstić information content (AvgIpc) is 3.01. The van der Waals surface area contributed by atoms with Crippen molar-refractivity contribution in [1.82, 2.24) is 13.5 Å². The first kappa shape index (κ1) is 15.5. The van der Waals surface area contributed by atoms with Crippen molar-refractivity contribution in [1.29, 1.82) is 0 Å². The van der Waals surface area contributed by atoms with E-state index in [1.54, 1.807) is 24.3 Å². The fraction of sp³-hybridized carbons (Fsp3) is 0.0714. The molecule has 0 saturated heterocycles. The molecule has 7 nitrogen and oxygen atoms in total. The summed E-state index contributed by atoms with van der Waals surface area (Å²) in [5, 5.41) is 11.4. The Morgan fingerprint density at radius 2 is 1.83 bits per heavy atom. The second kappa shape index (κ2) is 6.03. The highest BCUT2D eigenvalue weighted by molar-refractivity contribution is 7.89. The Kier molecular flexibility index (Phi) is 4.07. The minimum atomic E-state index is -4.12. The summed E-state index contributed by atoms with van der Waals surface area (Å²) in [4.78, 5) is 11.2. The SMILES string of the molecule is O=C([O-])C(NS(=O)(=O)c1cccc2nsnc12)c1ccccc1. The van der Waals surface area contributed by atoms with E-state index in [0.717, 1.165) is 11.7 Å². The number of nitrogens with zero attached hydrogens (tertiary/aromatic N) is 2. The summed E-state index contributed by atoms with van der Waals surface area (Å²) in [6.45, 7) is 0. The molecule has 0 bridgehead atoms. The van der Waals surface area contributed by atoms with Gasteiger partial charge in [-0.3, -0.25) is 0 Å². The van der Waals surface area contributed by atoms with Crippen LogP contribution in [0.5, 0.6) is 0 Å². The first-order valence-corrected chi connectivity index (χ1v) is 8.70. The van der Waals surface area contributed by atoms with E-state index in [1.165, 1.54) is 24.3 Å². The van der Waals surface area contributed by atoms with E-state index in [2.05, 4.69) is 13.5 Å². The highest BCUT2D eigenvalue weighted by atomic mass is 32.2. The van der Waals surface area contributed by atoms with Gasteiger partial charge in [-0.25, -0.2) is 8.42 Å². The molecule has 0 fully saturated rings. The third kappa shape index (κ3) is 3.07. The van der Waals surface area contributed by atoms with Gasteiger partial charge in [-0.1, -0.05) is 36.4 Å². The van der Waals surface area contributed by atoms with Crippen LogP contribution in [0, 0.1) is 0 Å². The second-order valence-electron chi connectivity index (χ2n) is 4.67. The monoisotopic (exact) mass is 348 g/mol. The van der Waals surface area contributed by atoms with E-state index in [1.807, 2.05) is 0 Å². The van der Waals surface area contributed by atoms with Crippen LogP contribution in [0.3, 0.4) is 0 Å². The summed E-state index contributed by atoms with van der Waals surface area (Å²) >= 11 is 0.884. The third-order valence-electron chi connectivity index (χ3n) is 3.18. The number of sulfonamides is 1. The van der Waals surface area contributed by atoms with Crippen LogP contribution in [0.4, 0.5) is 0 Å². The van der Waals surface area contributed by atoms with Gasteiger partial charge in [0, 0.05) is 0 Å². The fourth-order valence-electron chi connectivity index (χ4n) is 2.11. The van der Waals surface area contributed by atoms with Crippen LogP contribution in [0.15, 0.2) is 53.4 Å². The fourth-order valence-corrected chi connectivity index (χ4v) is 4.05. The maximum absolute atomic E-state index is 12.6. The molecule has 0 amide bonds. The number of carboxylic acids is 1. The number of benzene rings is 2. The molecule has 0 aliphatic carbocycles. The number of nitrogens with one attached hydrogen (secondary N) is 1. The molecule has 1 N–H and O–H groups in total. The van der Waals surface area contributed by atoms with Gasteiger partial charge in [-0.2, -0.15) is 13.5 Å². The first-order chi connectivity index (χ1) is 11.0. The van der Waals surface area contributed by atoms with Crippen LogP contribution in [0.25, 0.3) is 11.0 Å². The smallest absolute Gasteiger partial charge is 0.243 e. The van der Waals surface area contributed by atoms with Crippen molar-refractivity contribution in [3.8, 4) is 0 Å². The number of carbonyl (C=O) groups excluding carboxylic acids is 1. The average molecular weight is 348 g/mol. The lowest BCUT2D eigenvalue weighted by Crippen LogP contribution is -2.41. The van der Waals surface area contributed by atoms with Crippen molar-refractivity contribution in [2.45, 2.75) is 10.9 Å². The van der Waals surface area contributed by atoms with E-state index >= 15 is 0 Å². The van der Waals surface area contributed by atoms with Crippen LogP contribution in [-0.4, -0.2) is 23.1 Å². The molecule has 118 valence electrons. The van der Waals surface area contributed by atoms with E-state index in [9.17, 15) is 18.3 Å². The highest BCUT2D eigenvalue weighted by Gasteiger charge is 2.25. The predicted molar refractivity (Wildman–Crippen MR) is 81.9 cm³/mol. The first-order valence-electron chi connectivity index (χ1n) is 6.48. The number of hydrogen-bond donors (Lipinski definition) is 1. The van der Waals surface area contributed by atoms with Crippen LogP contribution < -0.4 is 9.83 Å². The molecule has 0 radical (unpaired) electrons. The number of fused-ring (bicyclic) bond motifs is 1. The Morgan fingerprint density at radius 1 is 1.09 bits per heavy atom. The lowest BCUT2D eigenvalue weighted by Gasteiger charge is -2.20. The minimum absolute atomic E-state index is 0.120. The number of carbonyl (C=O) groups is 1. The third-order valence-corrected chi connectivity index (χ3v) is 5.18. The summed E-state index contributed by atoms with van der Waals surface area (Å²) < 4.78 is 35.2. The Balaban J connectivity index is 2.03. The van der Waals surface area contributed by atoms with Crippen LogP contribution in [0.1, 0.15) is 11.6 Å². The van der Waals surface area contributed by atoms with Gasteiger partial charge in [0.05, 0.1) is 23.7 Å². The molecular weight excluding hydrogens is 338 g/mol. The lowest BCUT2D eigenvalue weighted by molar-refractivity contribution is -0.308. The molecule has 3 rings (SSSR count). The standard InChI is InChI=1S/C14H11N3O4S2/c18-14(19)12(9-5-2-1-3-6-9)17-23(20,21)11-8-4-7-10-13(11)16-22-15-10/h1-8,12,17H,(H,18,19)/p-1. The Hall–Kier alpha value is -2.36. The number of carboxylic acid groups (broad SMARTS) is 1. The van der Waals surface area contributed by atoms with E-state index in [-0.39, 0.29) is 16.0 Å². The summed E-state index contributed by atoms with van der Waals surface area (Å²) in [5.74, 6) is -1.54. The molecule has 9 heteroatoms. The molecule has 1 aromatic heterocycles. The van der Waals surface area contributed by atoms with Crippen LogP contribution in [-0.2, 0) is 14.8 Å². The Labute approximate surface area is 136 Å². The van der Waals surface area contributed by atoms with Gasteiger partial charge in [0.25, 0.3) is 0 Å². The molecular formula is C14H10N3O4S2-. The zero-order valence-electron chi connectivity index (χ0n) is 11.5. The molecule has 1 atom stereocenters. The molecule has 0 spiro atoms. The van der Waals surface area contributed by atoms with Crippen molar-refractivity contribution in [2.75, 3.05) is 0 Å². The summed E-state index contributed by atoms with van der Waals surface area (Å²) in [5.41, 5.74) is 0.914. The van der Waals surface area contributed by atoms with Gasteiger partial charge in [-0.15, -0.1) is 0 Å². The zero-order valence-corrected chi connectivity index (χ0v) is 13.2. The predicted octanol–water partition coefficient (Wildman–Crippen LogP) is 0.461. The quantitative estimate of drug-likeness (QED) is 0.717. The van der Waals surface area contributed by atoms with Crippen LogP contribution in [0.2, 0.25) is 0 Å². The van der Waals surface area contributed by atoms with Gasteiger partial charge in [0.2, 0.25) is 10.0 Å². The normalized spacial score (nSPS) is 13.0. The summed E-state index contributed by atoms with van der Waals surface area (Å²) in [7, 11) is -4.12. The summed E-state index contributed by atoms with van der Waals surface area (Å²) in [6, 6.07) is 11.0. The molecule has 0 aliphatic heterocycles. The van der Waals surface area contributed by atoms with Gasteiger partial charge < -0.3 is 9.90 Å². The second-order valence-corrected chi connectivity index (χ2v) is 6.88. The van der Waals surface area contributed by atoms with E-state index in [0.29, 0.717) is 5.52 Å². The molecule has 3 aromatic rings. The van der Waals surface area contributed by atoms with Gasteiger partial charge >= 0.3 is 0 Å². The number of aliphatic carboxylic acids is 1. The van der Waals surface area contributed by atoms with Crippen molar-refractivity contribution < 1.29 is 18.3 Å². The molecule has 23 heavy (non-hydrogen) atoms. The maximum Gasteiger partial charge on any atom is 0.243 e. The van der Waals surface area contributed by atoms with Gasteiger partial charge in [-0.05, 0) is 17.7 Å². The van der Waals surface area contributed by atoms with E-state index < -0.39 is 22.0 Å². The van der Waals surface area contributed by atoms with Gasteiger partial charge in [0.15, 0.2) is 0 Å². The summed E-state index contributed by atoms with van der Waals surface area (Å²) in [6.07, 6.45) is 0. The minimum Gasteiger partial charge on any atom is -0.548 e. The molecule has 0 aliphatic rings. The van der Waals surface area contributed by atoms with Crippen molar-refractivity contribution in [3.63, 3.8) is 0 Å². The van der Waals surface area contributed by atoms with Crippen molar-refractivity contribution in [2.24, 2.45) is 0 Å². The highest BCUT2D eigenvalue weighted by Crippen LogP contribution is 2.23. The van der Waals surface area contributed by atoms with Gasteiger partial charge in [0.1, 0.15) is 15.9 Å². The largest absolute Gasteiger partial charge is 0.548 e. The Morgan fingerprint density at radius 3 is 2.52 bits per heavy atom. The van der Waals surface area contributed by atoms with Crippen molar-refractivity contribution in [3.05, 3.63) is 54.1 Å². The van der Waals surface area contributed by atoms with Crippen LogP contribution >= 0.6 is 11.7 Å². The number of rotatable bonds is 5. The lowest BCUT2D eigenvalue weighted by atomic mass is 10.1. The Bertz CT molecular complexity index is 954. The van der Waals surface area contributed by atoms with E-state index in [4.69, 9.17) is 0 Å². The molecule has 0 saturated carbocycles. The molecule has 1 unspecified atom stereocenters. The number of hydrogen-bond acceptors (Lipinski definition) is 7.